The van der Waals surface area contributed by atoms with Gasteiger partial charge in [0.1, 0.15) is 11.6 Å². The van der Waals surface area contributed by atoms with Crippen LogP contribution >= 0.6 is 0 Å². The highest BCUT2D eigenvalue weighted by atomic mass is 32.2. The molecule has 2 aromatic heterocycles. The number of nitrogens with one attached hydrogen (secondary N) is 1. The molecule has 0 spiro atoms. The quantitative estimate of drug-likeness (QED) is 0.529. The molecular weight excluding hydrogens is 436 g/mol. The second kappa shape index (κ2) is 7.37. The number of anilines is 2. The van der Waals surface area contributed by atoms with Crippen molar-refractivity contribution >= 4 is 38.3 Å². The van der Waals surface area contributed by atoms with Crippen LogP contribution in [0.1, 0.15) is 5.56 Å². The van der Waals surface area contributed by atoms with E-state index in [2.05, 4.69) is 15.3 Å². The molecule has 4 N–H and O–H groups in total. The predicted molar refractivity (Wildman–Crippen MR) is 105 cm³/mol. The van der Waals surface area contributed by atoms with Crippen molar-refractivity contribution in [1.29, 1.82) is 0 Å². The van der Waals surface area contributed by atoms with Gasteiger partial charge in [-0.3, -0.25) is 4.79 Å². The van der Waals surface area contributed by atoms with E-state index in [1.165, 1.54) is 19.4 Å². The number of aliphatic hydroxyl groups excluding tert-OH is 1. The van der Waals surface area contributed by atoms with Crippen molar-refractivity contribution in [3.63, 3.8) is 0 Å². The van der Waals surface area contributed by atoms with E-state index in [-0.39, 0.29) is 22.9 Å². The van der Waals surface area contributed by atoms with Crippen LogP contribution in [0.2, 0.25) is 0 Å². The number of benzene rings is 1. The third-order valence-corrected chi connectivity index (χ3v) is 5.62. The Labute approximate surface area is 174 Å². The molecule has 162 valence electrons. The van der Waals surface area contributed by atoms with Gasteiger partial charge in [0.2, 0.25) is 22.1 Å². The Bertz CT molecular complexity index is 1310. The second-order valence-electron chi connectivity index (χ2n) is 6.65. The van der Waals surface area contributed by atoms with Crippen LogP contribution in [0.3, 0.4) is 0 Å². The molecule has 3 aromatic rings. The number of ether oxygens (including phenoxy) is 1. The number of nitrogens with zero attached hydrogens (tertiary/aromatic N) is 3. The van der Waals surface area contributed by atoms with Crippen LogP contribution in [-0.2, 0) is 21.4 Å². The van der Waals surface area contributed by atoms with E-state index < -0.39 is 50.8 Å². The number of primary sulfonamides is 1. The summed E-state index contributed by atoms with van der Waals surface area (Å²) in [7, 11) is -2.92. The Balaban J connectivity index is 1.87. The minimum atomic E-state index is -4.34. The molecule has 0 saturated carbocycles. The Morgan fingerprint density at radius 1 is 1.29 bits per heavy atom. The molecule has 0 saturated heterocycles. The molecule has 3 heterocycles. The van der Waals surface area contributed by atoms with Gasteiger partial charge in [-0.2, -0.15) is 4.98 Å². The predicted octanol–water partition coefficient (Wildman–Crippen LogP) is 0.841. The summed E-state index contributed by atoms with van der Waals surface area (Å²) in [6, 6.07) is 4.23. The summed E-state index contributed by atoms with van der Waals surface area (Å²) in [6.07, 6.45) is -0.505. The average molecular weight is 451 g/mol. The minimum absolute atomic E-state index is 0.191. The molecule has 4 rings (SSSR count). The van der Waals surface area contributed by atoms with E-state index in [0.717, 1.165) is 4.90 Å². The zero-order chi connectivity index (χ0) is 22.5. The lowest BCUT2D eigenvalue weighted by Crippen LogP contribution is -2.48. The van der Waals surface area contributed by atoms with Gasteiger partial charge in [0, 0.05) is 17.0 Å². The number of methoxy groups -OCH3 is 1. The van der Waals surface area contributed by atoms with Crippen LogP contribution in [-0.4, -0.2) is 42.7 Å². The maximum atomic E-state index is 14.6. The Morgan fingerprint density at radius 3 is 2.58 bits per heavy atom. The minimum Gasteiger partial charge on any atom is -0.481 e. The number of carbonyl (C=O) groups is 1. The van der Waals surface area contributed by atoms with E-state index in [9.17, 15) is 27.1 Å². The first kappa shape index (κ1) is 20.8. The van der Waals surface area contributed by atoms with E-state index in [0.29, 0.717) is 17.5 Å². The molecule has 0 radical (unpaired) electrons. The highest BCUT2D eigenvalue weighted by Crippen LogP contribution is 2.38. The van der Waals surface area contributed by atoms with E-state index >= 15 is 0 Å². The number of hydrogen-bond acceptors (Lipinski definition) is 8. The Hall–Kier alpha value is -3.42. The molecule has 1 unspecified atom stereocenters. The zero-order valence-electron chi connectivity index (χ0n) is 15.8. The van der Waals surface area contributed by atoms with Crippen LogP contribution in [0.4, 0.5) is 20.2 Å². The number of hydrogen-bond donors (Lipinski definition) is 3. The number of halogens is 2. The maximum absolute atomic E-state index is 14.6. The summed E-state index contributed by atoms with van der Waals surface area (Å²) < 4.78 is 57.1. The van der Waals surface area contributed by atoms with Gasteiger partial charge in [-0.05, 0) is 18.2 Å². The highest BCUT2D eigenvalue weighted by Gasteiger charge is 2.34. The first-order valence-corrected chi connectivity index (χ1v) is 10.2. The van der Waals surface area contributed by atoms with Gasteiger partial charge in [0.25, 0.3) is 5.91 Å². The molecule has 0 fully saturated rings. The first-order chi connectivity index (χ1) is 14.6. The molecule has 1 aliphatic rings. The number of aromatic nitrogens is 2. The van der Waals surface area contributed by atoms with E-state index in [4.69, 9.17) is 9.88 Å². The number of amides is 1. The van der Waals surface area contributed by atoms with Crippen molar-refractivity contribution in [3.8, 4) is 5.88 Å². The fourth-order valence-corrected chi connectivity index (χ4v) is 3.79. The molecule has 1 atom stereocenters. The molecule has 0 bridgehead atoms. The van der Waals surface area contributed by atoms with Gasteiger partial charge >= 0.3 is 0 Å². The number of pyridine rings is 2. The highest BCUT2D eigenvalue weighted by molar-refractivity contribution is 7.89. The Kier molecular flexibility index (Phi) is 4.95. The largest absolute Gasteiger partial charge is 0.481 e. The number of carbonyl (C=O) groups excluding carboxylic acids is 1. The van der Waals surface area contributed by atoms with Crippen molar-refractivity contribution in [2.45, 2.75) is 17.7 Å². The fourth-order valence-electron chi connectivity index (χ4n) is 3.25. The van der Waals surface area contributed by atoms with Crippen molar-refractivity contribution < 1.29 is 31.8 Å². The van der Waals surface area contributed by atoms with Crippen LogP contribution in [0.25, 0.3) is 11.0 Å². The van der Waals surface area contributed by atoms with Gasteiger partial charge in [-0.1, -0.05) is 0 Å². The number of fused-ring (bicyclic) bond motifs is 3. The van der Waals surface area contributed by atoms with Crippen LogP contribution in [0.15, 0.2) is 35.4 Å². The number of nitrogens with two attached hydrogens (primary N) is 1. The number of sulfonamides is 1. The van der Waals surface area contributed by atoms with E-state index in [1.807, 2.05) is 0 Å². The van der Waals surface area contributed by atoms with Gasteiger partial charge in [-0.25, -0.2) is 27.3 Å². The van der Waals surface area contributed by atoms with Gasteiger partial charge in [0.05, 0.1) is 36.1 Å². The smallest absolute Gasteiger partial charge is 0.274 e. The maximum Gasteiger partial charge on any atom is 0.274 e. The lowest BCUT2D eigenvalue weighted by Gasteiger charge is -2.35. The first-order valence-electron chi connectivity index (χ1n) is 8.70. The third-order valence-electron chi connectivity index (χ3n) is 4.73. The van der Waals surface area contributed by atoms with Gasteiger partial charge < -0.3 is 20.1 Å². The second-order valence-corrected chi connectivity index (χ2v) is 8.21. The monoisotopic (exact) mass is 451 g/mol. The molecule has 0 aliphatic carbocycles. The molecule has 10 nitrogen and oxygen atoms in total. The SMILES string of the molecule is COc1ccc2c3c(cnc2n1)NC(=O)C(O)N3Cc1c(F)cc(S(N)(=O)=O)cc1F. The van der Waals surface area contributed by atoms with Crippen LogP contribution in [0, 0.1) is 11.6 Å². The summed E-state index contributed by atoms with van der Waals surface area (Å²) in [4.78, 5) is 20.8. The normalized spacial score (nSPS) is 16.2. The summed E-state index contributed by atoms with van der Waals surface area (Å²) in [5.74, 6) is -2.98. The summed E-state index contributed by atoms with van der Waals surface area (Å²) >= 11 is 0. The third kappa shape index (κ3) is 3.62. The topological polar surface area (TPSA) is 148 Å². The summed E-state index contributed by atoms with van der Waals surface area (Å²) in [5, 5.41) is 18.2. The zero-order valence-corrected chi connectivity index (χ0v) is 16.7. The van der Waals surface area contributed by atoms with Crippen LogP contribution < -0.4 is 20.1 Å². The average Bonchev–Trinajstić information content (AvgIpc) is 2.71. The number of rotatable bonds is 4. The summed E-state index contributed by atoms with van der Waals surface area (Å²) in [6.45, 7) is -0.602. The van der Waals surface area contributed by atoms with Crippen molar-refractivity contribution in [3.05, 3.63) is 47.7 Å². The lowest BCUT2D eigenvalue weighted by atomic mass is 10.1. The molecule has 1 amide bonds. The lowest BCUT2D eigenvalue weighted by molar-refractivity contribution is -0.124. The Morgan fingerprint density at radius 2 is 1.97 bits per heavy atom. The van der Waals surface area contributed by atoms with Crippen LogP contribution in [0.5, 0.6) is 5.88 Å². The fraction of sp³-hybridized carbons (Fsp3) is 0.167. The standard InChI is InChI=1S/C18H15F2N5O5S/c1-30-14-3-2-9-15-13(6-22-16(9)24-14)23-17(26)18(27)25(15)7-10-11(19)4-8(5-12(10)20)31(21,28)29/h2-6,18,27H,7H2,1H3,(H,23,26)(H2,21,28,29). The molecular formula is C18H15F2N5O5S. The molecule has 31 heavy (non-hydrogen) atoms. The summed E-state index contributed by atoms with van der Waals surface area (Å²) in [5.41, 5.74) is 0.0498. The van der Waals surface area contributed by atoms with E-state index in [1.54, 1.807) is 6.07 Å². The van der Waals surface area contributed by atoms with Crippen molar-refractivity contribution in [2.24, 2.45) is 5.14 Å². The molecule has 1 aliphatic heterocycles. The molecule has 13 heteroatoms. The van der Waals surface area contributed by atoms with Gasteiger partial charge in [-0.15, -0.1) is 0 Å². The molecule has 1 aromatic carbocycles. The van der Waals surface area contributed by atoms with Gasteiger partial charge in [0.15, 0.2) is 5.65 Å². The van der Waals surface area contributed by atoms with Crippen molar-refractivity contribution in [2.75, 3.05) is 17.3 Å². The van der Waals surface area contributed by atoms with Crippen molar-refractivity contribution in [1.82, 2.24) is 9.97 Å². The number of aliphatic hydroxyl groups is 1.